The normalized spacial score (nSPS) is 12.3. The molecular weight excluding hydrogens is 520 g/mol. The van der Waals surface area contributed by atoms with Gasteiger partial charge < -0.3 is 19.7 Å². The molecular formula is C29H33BrN2O4. The maximum absolute atomic E-state index is 13.7. The average molecular weight is 553 g/mol. The van der Waals surface area contributed by atoms with E-state index >= 15 is 0 Å². The number of hydrogen-bond donors (Lipinski definition) is 1. The van der Waals surface area contributed by atoms with Crippen LogP contribution in [0, 0.1) is 0 Å². The molecule has 0 bridgehead atoms. The minimum absolute atomic E-state index is 0.0107. The summed E-state index contributed by atoms with van der Waals surface area (Å²) in [6, 6.07) is 23.9. The quantitative estimate of drug-likeness (QED) is 0.327. The molecule has 2 amide bonds. The molecule has 0 saturated heterocycles. The van der Waals surface area contributed by atoms with Crippen LogP contribution in [0.4, 0.5) is 0 Å². The molecule has 0 saturated carbocycles. The minimum Gasteiger partial charge on any atom is -0.493 e. The number of amides is 2. The lowest BCUT2D eigenvalue weighted by atomic mass is 10.0. The number of carbonyl (C=O) groups excluding carboxylic acids is 2. The van der Waals surface area contributed by atoms with Crippen LogP contribution in [0.1, 0.15) is 31.4 Å². The first kappa shape index (κ1) is 27.3. The predicted octanol–water partition coefficient (Wildman–Crippen LogP) is 5.39. The maximum Gasteiger partial charge on any atom is 0.261 e. The zero-order chi connectivity index (χ0) is 25.9. The van der Waals surface area contributed by atoms with Gasteiger partial charge in [-0.15, -0.1) is 0 Å². The van der Waals surface area contributed by atoms with Crippen LogP contribution in [0.5, 0.6) is 11.5 Å². The van der Waals surface area contributed by atoms with Crippen molar-refractivity contribution in [3.63, 3.8) is 0 Å². The van der Waals surface area contributed by atoms with Crippen LogP contribution in [-0.2, 0) is 22.6 Å². The van der Waals surface area contributed by atoms with Crippen LogP contribution < -0.4 is 14.8 Å². The smallest absolute Gasteiger partial charge is 0.261 e. The lowest BCUT2D eigenvalue weighted by Crippen LogP contribution is -2.53. The third-order valence-corrected chi connectivity index (χ3v) is 6.43. The first-order chi connectivity index (χ1) is 17.4. The van der Waals surface area contributed by atoms with Gasteiger partial charge in [0.25, 0.3) is 5.91 Å². The Balaban J connectivity index is 1.93. The topological polar surface area (TPSA) is 67.9 Å². The molecule has 190 valence electrons. The fourth-order valence-electron chi connectivity index (χ4n) is 3.79. The molecule has 1 N–H and O–H groups in total. The van der Waals surface area contributed by atoms with Crippen molar-refractivity contribution < 1.29 is 19.1 Å². The fourth-order valence-corrected chi connectivity index (χ4v) is 4.23. The number of carbonyl (C=O) groups is 2. The van der Waals surface area contributed by atoms with E-state index in [1.807, 2.05) is 80.6 Å². The highest BCUT2D eigenvalue weighted by molar-refractivity contribution is 9.10. The van der Waals surface area contributed by atoms with Gasteiger partial charge in [0.2, 0.25) is 5.91 Å². The first-order valence-corrected chi connectivity index (χ1v) is 12.8. The average Bonchev–Trinajstić information content (AvgIpc) is 2.89. The Labute approximate surface area is 221 Å². The van der Waals surface area contributed by atoms with Crippen molar-refractivity contribution in [1.29, 1.82) is 0 Å². The minimum atomic E-state index is -0.714. The summed E-state index contributed by atoms with van der Waals surface area (Å²) in [4.78, 5) is 28.8. The van der Waals surface area contributed by atoms with Crippen LogP contribution in [-0.4, -0.2) is 42.5 Å². The maximum atomic E-state index is 13.7. The fraction of sp³-hybridized carbons (Fsp3) is 0.310. The number of nitrogens with one attached hydrogen (secondary N) is 1. The van der Waals surface area contributed by atoms with Gasteiger partial charge in [-0.1, -0.05) is 77.5 Å². The van der Waals surface area contributed by atoms with E-state index in [0.29, 0.717) is 17.9 Å². The van der Waals surface area contributed by atoms with Gasteiger partial charge in [0.05, 0.1) is 7.11 Å². The number of ether oxygens (including phenoxy) is 2. The van der Waals surface area contributed by atoms with Crippen molar-refractivity contribution in [2.45, 2.75) is 45.3 Å². The molecule has 0 aliphatic rings. The van der Waals surface area contributed by atoms with E-state index in [4.69, 9.17) is 9.47 Å². The number of benzene rings is 3. The monoisotopic (exact) mass is 552 g/mol. The Morgan fingerprint density at radius 1 is 0.944 bits per heavy atom. The lowest BCUT2D eigenvalue weighted by Gasteiger charge is -2.32. The Morgan fingerprint density at radius 2 is 1.61 bits per heavy atom. The Kier molecular flexibility index (Phi) is 10.4. The van der Waals surface area contributed by atoms with E-state index in [1.54, 1.807) is 24.1 Å². The number of rotatable bonds is 12. The second kappa shape index (κ2) is 13.7. The molecule has 0 radical (unpaired) electrons. The highest BCUT2D eigenvalue weighted by Crippen LogP contribution is 2.26. The summed E-state index contributed by atoms with van der Waals surface area (Å²) in [5.41, 5.74) is 1.88. The molecule has 0 unspecified atom stereocenters. The zero-order valence-electron chi connectivity index (χ0n) is 20.9. The SMILES string of the molecule is CC[C@H](C)NC(=O)[C@@H](Cc1ccccc1)N(Cc1cccc(Br)c1)C(=O)COc1ccccc1OC. The predicted molar refractivity (Wildman–Crippen MR) is 145 cm³/mol. The Morgan fingerprint density at radius 3 is 2.28 bits per heavy atom. The molecule has 3 aromatic carbocycles. The van der Waals surface area contributed by atoms with Crippen LogP contribution in [0.15, 0.2) is 83.3 Å². The summed E-state index contributed by atoms with van der Waals surface area (Å²) < 4.78 is 12.1. The van der Waals surface area contributed by atoms with Crippen molar-refractivity contribution in [1.82, 2.24) is 10.2 Å². The van der Waals surface area contributed by atoms with Crippen molar-refractivity contribution in [3.8, 4) is 11.5 Å². The highest BCUT2D eigenvalue weighted by atomic mass is 79.9. The summed E-state index contributed by atoms with van der Waals surface area (Å²) >= 11 is 3.51. The van der Waals surface area contributed by atoms with Gasteiger partial charge in [-0.25, -0.2) is 0 Å². The second-order valence-electron chi connectivity index (χ2n) is 8.61. The van der Waals surface area contributed by atoms with E-state index in [2.05, 4.69) is 21.2 Å². The molecule has 0 heterocycles. The van der Waals surface area contributed by atoms with Gasteiger partial charge in [-0.2, -0.15) is 0 Å². The van der Waals surface area contributed by atoms with E-state index in [1.165, 1.54) is 0 Å². The molecule has 0 fully saturated rings. The Bertz CT molecular complexity index is 1140. The summed E-state index contributed by atoms with van der Waals surface area (Å²) in [5, 5.41) is 3.07. The molecule has 2 atom stereocenters. The largest absolute Gasteiger partial charge is 0.493 e. The van der Waals surface area contributed by atoms with Gasteiger partial charge in [0.1, 0.15) is 6.04 Å². The molecule has 7 heteroatoms. The number of hydrogen-bond acceptors (Lipinski definition) is 4. The summed E-state index contributed by atoms with van der Waals surface area (Å²) in [6.45, 7) is 4.01. The highest BCUT2D eigenvalue weighted by Gasteiger charge is 2.31. The number of nitrogens with zero attached hydrogens (tertiary/aromatic N) is 1. The third-order valence-electron chi connectivity index (χ3n) is 5.93. The summed E-state index contributed by atoms with van der Waals surface area (Å²) in [6.07, 6.45) is 1.18. The number of methoxy groups -OCH3 is 1. The molecule has 0 aliphatic carbocycles. The molecule has 36 heavy (non-hydrogen) atoms. The van der Waals surface area contributed by atoms with Gasteiger partial charge in [-0.05, 0) is 48.7 Å². The molecule has 3 aromatic rings. The van der Waals surface area contributed by atoms with Crippen molar-refractivity contribution >= 4 is 27.7 Å². The Hall–Kier alpha value is -3.32. The van der Waals surface area contributed by atoms with Gasteiger partial charge in [-0.3, -0.25) is 9.59 Å². The van der Waals surface area contributed by atoms with Crippen LogP contribution >= 0.6 is 15.9 Å². The van der Waals surface area contributed by atoms with E-state index in [-0.39, 0.29) is 31.0 Å². The van der Waals surface area contributed by atoms with E-state index < -0.39 is 6.04 Å². The standard InChI is InChI=1S/C29H33BrN2O4/c1-4-21(2)31-29(34)25(18-22-11-6-5-7-12-22)32(19-23-13-10-14-24(30)17-23)28(33)20-36-27-16-9-8-15-26(27)35-3/h5-17,21,25H,4,18-20H2,1-3H3,(H,31,34)/t21-,25+/m0/s1. The molecule has 0 aromatic heterocycles. The molecule has 0 aliphatic heterocycles. The van der Waals surface area contributed by atoms with Crippen molar-refractivity contribution in [2.75, 3.05) is 13.7 Å². The lowest BCUT2D eigenvalue weighted by molar-refractivity contribution is -0.143. The van der Waals surface area contributed by atoms with Gasteiger partial charge in [0.15, 0.2) is 18.1 Å². The van der Waals surface area contributed by atoms with Crippen molar-refractivity contribution in [3.05, 3.63) is 94.5 Å². The van der Waals surface area contributed by atoms with Crippen LogP contribution in [0.25, 0.3) is 0 Å². The van der Waals surface area contributed by atoms with E-state index in [0.717, 1.165) is 22.0 Å². The summed E-state index contributed by atoms with van der Waals surface area (Å²) in [5.74, 6) is 0.536. The molecule has 6 nitrogen and oxygen atoms in total. The van der Waals surface area contributed by atoms with Gasteiger partial charge >= 0.3 is 0 Å². The first-order valence-electron chi connectivity index (χ1n) is 12.0. The number of para-hydroxylation sites is 2. The summed E-state index contributed by atoms with van der Waals surface area (Å²) in [7, 11) is 1.55. The van der Waals surface area contributed by atoms with Gasteiger partial charge in [0, 0.05) is 23.5 Å². The third kappa shape index (κ3) is 7.85. The van der Waals surface area contributed by atoms with E-state index in [9.17, 15) is 9.59 Å². The van der Waals surface area contributed by atoms with Crippen LogP contribution in [0.3, 0.4) is 0 Å². The zero-order valence-corrected chi connectivity index (χ0v) is 22.5. The second-order valence-corrected chi connectivity index (χ2v) is 9.53. The molecule has 3 rings (SSSR count). The van der Waals surface area contributed by atoms with Crippen LogP contribution in [0.2, 0.25) is 0 Å². The molecule has 0 spiro atoms. The van der Waals surface area contributed by atoms with Crippen molar-refractivity contribution in [2.24, 2.45) is 0 Å². The number of halogens is 1.